The van der Waals surface area contributed by atoms with Crippen LogP contribution < -0.4 is 4.90 Å². The molecule has 3 nitrogen and oxygen atoms in total. The average Bonchev–Trinajstić information content (AvgIpc) is 2.37. The highest BCUT2D eigenvalue weighted by molar-refractivity contribution is 9.10. The smallest absolute Gasteiger partial charge is 0.237 e. The first-order valence-corrected chi connectivity index (χ1v) is 7.71. The highest BCUT2D eigenvalue weighted by Crippen LogP contribution is 2.30. The Hall–Kier alpha value is -1.16. The summed E-state index contributed by atoms with van der Waals surface area (Å²) in [6, 6.07) is 7.86. The third-order valence-corrected chi connectivity index (χ3v) is 4.05. The molecule has 1 aliphatic heterocycles. The summed E-state index contributed by atoms with van der Waals surface area (Å²) in [6.45, 7) is 6.29. The van der Waals surface area contributed by atoms with Crippen molar-refractivity contribution >= 4 is 33.3 Å². The normalized spacial score (nSPS) is 20.1. The fraction of sp³-hybridized carbons (Fsp3) is 0.500. The van der Waals surface area contributed by atoms with Crippen LogP contribution in [0.15, 0.2) is 24.3 Å². The zero-order chi connectivity index (χ0) is 14.9. The highest BCUT2D eigenvalue weighted by atomic mass is 79.9. The molecule has 1 aromatic rings. The molecule has 20 heavy (non-hydrogen) atoms. The molecule has 0 N–H and O–H groups in total. The zero-order valence-corrected chi connectivity index (χ0v) is 13.7. The fourth-order valence-corrected chi connectivity index (χ4v) is 2.86. The van der Waals surface area contributed by atoms with E-state index < -0.39 is 10.2 Å². The van der Waals surface area contributed by atoms with E-state index in [-0.39, 0.29) is 11.7 Å². The Balaban J connectivity index is 2.25. The predicted molar refractivity (Wildman–Crippen MR) is 84.3 cm³/mol. The summed E-state index contributed by atoms with van der Waals surface area (Å²) in [7, 11) is 0. The minimum atomic E-state index is -0.650. The van der Waals surface area contributed by atoms with Gasteiger partial charge in [0.15, 0.2) is 5.78 Å². The maximum absolute atomic E-state index is 12.6. The molecule has 1 unspecified atom stereocenters. The van der Waals surface area contributed by atoms with Gasteiger partial charge < -0.3 is 4.90 Å². The predicted octanol–water partition coefficient (Wildman–Crippen LogP) is 3.48. The third kappa shape index (κ3) is 3.11. The molecule has 1 atom stereocenters. The first-order valence-electron chi connectivity index (χ1n) is 6.92. The average molecular weight is 338 g/mol. The van der Waals surface area contributed by atoms with Crippen LogP contribution in [0.1, 0.15) is 32.3 Å². The minimum absolute atomic E-state index is 0.0279. The Morgan fingerprint density at radius 1 is 1.40 bits per heavy atom. The number of alkyl halides is 1. The number of hydrogen-bond donors (Lipinski definition) is 0. The monoisotopic (exact) mass is 337 g/mol. The van der Waals surface area contributed by atoms with Gasteiger partial charge in [-0.25, -0.2) is 0 Å². The lowest BCUT2D eigenvalue weighted by atomic mass is 9.87. The molecule has 1 saturated heterocycles. The summed E-state index contributed by atoms with van der Waals surface area (Å²) in [5.41, 5.74) is 2.00. The molecule has 0 aromatic heterocycles. The summed E-state index contributed by atoms with van der Waals surface area (Å²) >= 11 is 3.37. The molecular weight excluding hydrogens is 318 g/mol. The summed E-state index contributed by atoms with van der Waals surface area (Å²) in [5.74, 6) is -0.627. The lowest BCUT2D eigenvalue weighted by Gasteiger charge is -2.33. The summed E-state index contributed by atoms with van der Waals surface area (Å²) < 4.78 is -0.650. The van der Waals surface area contributed by atoms with E-state index in [9.17, 15) is 9.59 Å². The minimum Gasteiger partial charge on any atom is -0.312 e. The van der Waals surface area contributed by atoms with Crippen LogP contribution in [0.4, 0.5) is 5.69 Å². The molecule has 4 heteroatoms. The number of amides is 1. The molecule has 108 valence electrons. The largest absolute Gasteiger partial charge is 0.312 e. The van der Waals surface area contributed by atoms with E-state index in [1.165, 1.54) is 0 Å². The Bertz CT molecular complexity index is 534. The van der Waals surface area contributed by atoms with E-state index in [1.54, 1.807) is 18.7 Å². The van der Waals surface area contributed by atoms with Gasteiger partial charge in [0.1, 0.15) is 0 Å². The first-order chi connectivity index (χ1) is 9.30. The number of Topliss-reactive ketones (excluding diaryl/α,β-unsaturated/α-hetero) is 1. The van der Waals surface area contributed by atoms with E-state index in [0.717, 1.165) is 17.7 Å². The Kier molecular flexibility index (Phi) is 4.33. The highest BCUT2D eigenvalue weighted by Gasteiger charge is 2.40. The van der Waals surface area contributed by atoms with Gasteiger partial charge in [0, 0.05) is 12.2 Å². The second-order valence-electron chi connectivity index (χ2n) is 5.86. The molecule has 0 saturated carbocycles. The standard InChI is InChI=1S/C16H20BrNO2/c1-11-6-4-7-12(10-11)18-9-5-8-13(15(18)20)14(19)16(2,3)17/h4,6-7,10,13H,5,8-9H2,1-3H3. The van der Waals surface area contributed by atoms with Crippen molar-refractivity contribution in [1.82, 2.24) is 0 Å². The van der Waals surface area contributed by atoms with Gasteiger partial charge in [-0.3, -0.25) is 9.59 Å². The second kappa shape index (κ2) is 5.68. The molecule has 0 aliphatic carbocycles. The van der Waals surface area contributed by atoms with Crippen LogP contribution in [-0.4, -0.2) is 22.6 Å². The van der Waals surface area contributed by atoms with Gasteiger partial charge in [0.2, 0.25) is 5.91 Å². The SMILES string of the molecule is Cc1cccc(N2CCCC(C(=O)C(C)(C)Br)C2=O)c1. The molecular formula is C16H20BrNO2. The number of anilines is 1. The maximum atomic E-state index is 12.6. The van der Waals surface area contributed by atoms with Crippen LogP contribution in [0.3, 0.4) is 0 Å². The molecule has 2 rings (SSSR count). The van der Waals surface area contributed by atoms with E-state index in [2.05, 4.69) is 15.9 Å². The van der Waals surface area contributed by atoms with Crippen LogP contribution in [0.25, 0.3) is 0 Å². The number of hydrogen-bond acceptors (Lipinski definition) is 2. The van der Waals surface area contributed by atoms with Gasteiger partial charge in [-0.2, -0.15) is 0 Å². The van der Waals surface area contributed by atoms with Crippen LogP contribution in [-0.2, 0) is 9.59 Å². The molecule has 0 bridgehead atoms. The van der Waals surface area contributed by atoms with Crippen molar-refractivity contribution in [1.29, 1.82) is 0 Å². The van der Waals surface area contributed by atoms with Crippen LogP contribution in [0.2, 0.25) is 0 Å². The van der Waals surface area contributed by atoms with Crippen molar-refractivity contribution in [3.8, 4) is 0 Å². The lowest BCUT2D eigenvalue weighted by molar-refractivity contribution is -0.134. The molecule has 1 amide bonds. The van der Waals surface area contributed by atoms with Crippen molar-refractivity contribution < 1.29 is 9.59 Å². The van der Waals surface area contributed by atoms with Crippen molar-refractivity contribution in [2.24, 2.45) is 5.92 Å². The molecule has 0 spiro atoms. The number of rotatable bonds is 3. The van der Waals surface area contributed by atoms with Crippen molar-refractivity contribution in [3.63, 3.8) is 0 Å². The zero-order valence-electron chi connectivity index (χ0n) is 12.1. The van der Waals surface area contributed by atoms with E-state index in [1.807, 2.05) is 31.2 Å². The number of carbonyl (C=O) groups is 2. The Morgan fingerprint density at radius 2 is 2.10 bits per heavy atom. The van der Waals surface area contributed by atoms with Gasteiger partial charge in [-0.15, -0.1) is 0 Å². The van der Waals surface area contributed by atoms with Crippen molar-refractivity contribution in [3.05, 3.63) is 29.8 Å². The Morgan fingerprint density at radius 3 is 2.70 bits per heavy atom. The van der Waals surface area contributed by atoms with Crippen LogP contribution in [0, 0.1) is 12.8 Å². The van der Waals surface area contributed by atoms with Crippen LogP contribution >= 0.6 is 15.9 Å². The fourth-order valence-electron chi connectivity index (χ4n) is 2.59. The van der Waals surface area contributed by atoms with E-state index in [0.29, 0.717) is 13.0 Å². The molecule has 1 heterocycles. The number of aryl methyl sites for hydroxylation is 1. The van der Waals surface area contributed by atoms with Gasteiger partial charge in [0.25, 0.3) is 0 Å². The number of piperidine rings is 1. The van der Waals surface area contributed by atoms with Gasteiger partial charge in [-0.1, -0.05) is 28.1 Å². The lowest BCUT2D eigenvalue weighted by Crippen LogP contribution is -2.48. The summed E-state index contributed by atoms with van der Waals surface area (Å²) in [6.07, 6.45) is 1.51. The maximum Gasteiger partial charge on any atom is 0.237 e. The van der Waals surface area contributed by atoms with Gasteiger partial charge in [-0.05, 0) is 51.3 Å². The van der Waals surface area contributed by atoms with E-state index in [4.69, 9.17) is 0 Å². The quantitative estimate of drug-likeness (QED) is 0.625. The second-order valence-corrected chi connectivity index (χ2v) is 7.84. The van der Waals surface area contributed by atoms with Gasteiger partial charge >= 0.3 is 0 Å². The molecule has 1 aliphatic rings. The van der Waals surface area contributed by atoms with Crippen molar-refractivity contribution in [2.45, 2.75) is 37.9 Å². The molecule has 1 fully saturated rings. The number of carbonyl (C=O) groups excluding carboxylic acids is 2. The number of halogens is 1. The Labute approximate surface area is 128 Å². The number of benzene rings is 1. The third-order valence-electron chi connectivity index (χ3n) is 3.65. The molecule has 0 radical (unpaired) electrons. The van der Waals surface area contributed by atoms with Crippen molar-refractivity contribution in [2.75, 3.05) is 11.4 Å². The summed E-state index contributed by atoms with van der Waals surface area (Å²) in [5, 5.41) is 0. The topological polar surface area (TPSA) is 37.4 Å². The summed E-state index contributed by atoms with van der Waals surface area (Å²) in [4.78, 5) is 26.7. The molecule has 1 aromatic carbocycles. The van der Waals surface area contributed by atoms with E-state index >= 15 is 0 Å². The number of ketones is 1. The van der Waals surface area contributed by atoms with Crippen LogP contribution in [0.5, 0.6) is 0 Å². The first kappa shape index (κ1) is 15.2. The number of nitrogens with zero attached hydrogens (tertiary/aromatic N) is 1. The van der Waals surface area contributed by atoms with Gasteiger partial charge in [0.05, 0.1) is 10.2 Å².